The Hall–Kier alpha value is -1.40. The first kappa shape index (κ1) is 12.7. The van der Waals surface area contributed by atoms with Crippen molar-refractivity contribution in [3.05, 3.63) is 22.4 Å². The van der Waals surface area contributed by atoms with Crippen molar-refractivity contribution in [2.75, 3.05) is 0 Å². The first-order valence-corrected chi connectivity index (χ1v) is 5.76. The molecule has 0 spiro atoms. The van der Waals surface area contributed by atoms with Gasteiger partial charge in [0.1, 0.15) is 0 Å². The van der Waals surface area contributed by atoms with Crippen molar-refractivity contribution in [3.63, 3.8) is 0 Å². The van der Waals surface area contributed by atoms with Crippen LogP contribution in [0, 0.1) is 0 Å². The molecule has 0 aliphatic heterocycles. The second-order valence-electron chi connectivity index (χ2n) is 3.31. The van der Waals surface area contributed by atoms with Gasteiger partial charge in [0.25, 0.3) is 0 Å². The molecule has 1 amide bonds. The molecule has 88 valence electrons. The van der Waals surface area contributed by atoms with Crippen molar-refractivity contribution in [2.24, 2.45) is 5.73 Å². The third-order valence-corrected chi connectivity index (χ3v) is 3.08. The molecule has 1 aromatic heterocycles. The standard InChI is InChI=1S/C10H14N2O3S/c1-2-6(11)9(13)12-8(10(14)15)7-4-3-5-16-7/h3-6,8H,2,11H2,1H3,(H,12,13)(H,14,15). The molecule has 0 aromatic carbocycles. The Bertz CT molecular complexity index is 364. The number of rotatable bonds is 5. The summed E-state index contributed by atoms with van der Waals surface area (Å²) in [5.74, 6) is -1.53. The van der Waals surface area contributed by atoms with E-state index < -0.39 is 24.0 Å². The largest absolute Gasteiger partial charge is 0.479 e. The van der Waals surface area contributed by atoms with Crippen molar-refractivity contribution in [1.82, 2.24) is 5.32 Å². The number of nitrogens with two attached hydrogens (primary N) is 1. The number of hydrogen-bond donors (Lipinski definition) is 3. The van der Waals surface area contributed by atoms with Gasteiger partial charge in [0.2, 0.25) is 5.91 Å². The van der Waals surface area contributed by atoms with Crippen LogP contribution in [0.1, 0.15) is 24.3 Å². The summed E-state index contributed by atoms with van der Waals surface area (Å²) in [7, 11) is 0. The monoisotopic (exact) mass is 242 g/mol. The summed E-state index contributed by atoms with van der Waals surface area (Å²) >= 11 is 1.28. The molecule has 0 aliphatic rings. The second-order valence-corrected chi connectivity index (χ2v) is 4.29. The smallest absolute Gasteiger partial charge is 0.331 e. The fourth-order valence-corrected chi connectivity index (χ4v) is 1.91. The van der Waals surface area contributed by atoms with Gasteiger partial charge in [-0.05, 0) is 17.9 Å². The van der Waals surface area contributed by atoms with Gasteiger partial charge in [-0.25, -0.2) is 4.79 Å². The van der Waals surface area contributed by atoms with E-state index in [1.54, 1.807) is 24.4 Å². The van der Waals surface area contributed by atoms with Gasteiger partial charge in [0, 0.05) is 4.88 Å². The van der Waals surface area contributed by atoms with Crippen LogP contribution in [0.4, 0.5) is 0 Å². The zero-order valence-electron chi connectivity index (χ0n) is 8.84. The summed E-state index contributed by atoms with van der Waals surface area (Å²) in [6.07, 6.45) is 0.475. The van der Waals surface area contributed by atoms with E-state index in [9.17, 15) is 9.59 Å². The Balaban J connectivity index is 2.74. The zero-order chi connectivity index (χ0) is 12.1. The number of aliphatic carboxylic acids is 1. The number of carbonyl (C=O) groups excluding carboxylic acids is 1. The molecule has 4 N–H and O–H groups in total. The number of carboxylic acid groups (broad SMARTS) is 1. The molecule has 0 saturated heterocycles. The maximum Gasteiger partial charge on any atom is 0.331 e. The van der Waals surface area contributed by atoms with E-state index >= 15 is 0 Å². The minimum Gasteiger partial charge on any atom is -0.479 e. The van der Waals surface area contributed by atoms with Crippen LogP contribution in [0.25, 0.3) is 0 Å². The second kappa shape index (κ2) is 5.62. The molecule has 1 rings (SSSR count). The molecule has 0 fully saturated rings. The van der Waals surface area contributed by atoms with E-state index in [0.29, 0.717) is 11.3 Å². The maximum absolute atomic E-state index is 11.5. The number of hydrogen-bond acceptors (Lipinski definition) is 4. The summed E-state index contributed by atoms with van der Waals surface area (Å²) in [4.78, 5) is 23.1. The molecular formula is C10H14N2O3S. The van der Waals surface area contributed by atoms with E-state index in [-0.39, 0.29) is 0 Å². The lowest BCUT2D eigenvalue weighted by Gasteiger charge is -2.15. The van der Waals surface area contributed by atoms with Crippen LogP contribution in [0.15, 0.2) is 17.5 Å². The number of nitrogens with one attached hydrogen (secondary N) is 1. The van der Waals surface area contributed by atoms with Crippen molar-refractivity contribution < 1.29 is 14.7 Å². The lowest BCUT2D eigenvalue weighted by atomic mass is 10.2. The average molecular weight is 242 g/mol. The molecular weight excluding hydrogens is 228 g/mol. The summed E-state index contributed by atoms with van der Waals surface area (Å²) in [5.41, 5.74) is 5.52. The van der Waals surface area contributed by atoms with Crippen molar-refractivity contribution in [2.45, 2.75) is 25.4 Å². The molecule has 1 heterocycles. The quantitative estimate of drug-likeness (QED) is 0.709. The highest BCUT2D eigenvalue weighted by atomic mass is 32.1. The van der Waals surface area contributed by atoms with Crippen LogP contribution in [0.2, 0.25) is 0 Å². The fourth-order valence-electron chi connectivity index (χ4n) is 1.14. The summed E-state index contributed by atoms with van der Waals surface area (Å²) in [6, 6.07) is 1.73. The van der Waals surface area contributed by atoms with Gasteiger partial charge >= 0.3 is 5.97 Å². The van der Waals surface area contributed by atoms with Crippen LogP contribution in [0.3, 0.4) is 0 Å². The molecule has 2 unspecified atom stereocenters. The number of carboxylic acids is 1. The van der Waals surface area contributed by atoms with E-state index in [4.69, 9.17) is 10.8 Å². The zero-order valence-corrected chi connectivity index (χ0v) is 9.66. The van der Waals surface area contributed by atoms with E-state index in [2.05, 4.69) is 5.32 Å². The van der Waals surface area contributed by atoms with Crippen LogP contribution < -0.4 is 11.1 Å². The van der Waals surface area contributed by atoms with Crippen molar-refractivity contribution in [1.29, 1.82) is 0 Å². The van der Waals surface area contributed by atoms with Gasteiger partial charge in [-0.15, -0.1) is 11.3 Å². The van der Waals surface area contributed by atoms with Crippen LogP contribution in [-0.4, -0.2) is 23.0 Å². The Morgan fingerprint density at radius 1 is 1.62 bits per heavy atom. The van der Waals surface area contributed by atoms with Gasteiger partial charge in [-0.1, -0.05) is 13.0 Å². The lowest BCUT2D eigenvalue weighted by Crippen LogP contribution is -2.43. The molecule has 0 bridgehead atoms. The Morgan fingerprint density at radius 3 is 2.75 bits per heavy atom. The van der Waals surface area contributed by atoms with Crippen LogP contribution in [0.5, 0.6) is 0 Å². The predicted molar refractivity (Wildman–Crippen MR) is 61.1 cm³/mol. The summed E-state index contributed by atoms with van der Waals surface area (Å²) in [5, 5.41) is 13.2. The molecule has 1 aromatic rings. The SMILES string of the molecule is CCC(N)C(=O)NC(C(=O)O)c1cccs1. The van der Waals surface area contributed by atoms with Gasteiger partial charge in [-0.2, -0.15) is 0 Å². The Morgan fingerprint density at radius 2 is 2.31 bits per heavy atom. The Kier molecular flexibility index (Phi) is 4.45. The molecule has 0 aliphatic carbocycles. The van der Waals surface area contributed by atoms with Gasteiger partial charge in [-0.3, -0.25) is 4.79 Å². The summed E-state index contributed by atoms with van der Waals surface area (Å²) < 4.78 is 0. The molecule has 16 heavy (non-hydrogen) atoms. The molecule has 5 nitrogen and oxygen atoms in total. The molecule has 0 radical (unpaired) electrons. The summed E-state index contributed by atoms with van der Waals surface area (Å²) in [6.45, 7) is 1.77. The molecule has 0 saturated carbocycles. The van der Waals surface area contributed by atoms with Crippen LogP contribution in [-0.2, 0) is 9.59 Å². The molecule has 2 atom stereocenters. The Labute approximate surface area is 97.3 Å². The van der Waals surface area contributed by atoms with Gasteiger partial charge < -0.3 is 16.2 Å². The van der Waals surface area contributed by atoms with Crippen molar-refractivity contribution >= 4 is 23.2 Å². The van der Waals surface area contributed by atoms with E-state index in [1.807, 2.05) is 0 Å². The lowest BCUT2D eigenvalue weighted by molar-refractivity contribution is -0.142. The number of carbonyl (C=O) groups is 2. The highest BCUT2D eigenvalue weighted by Crippen LogP contribution is 2.19. The first-order valence-electron chi connectivity index (χ1n) is 4.88. The first-order chi connectivity index (χ1) is 7.56. The van der Waals surface area contributed by atoms with Gasteiger partial charge in [0.15, 0.2) is 6.04 Å². The minimum atomic E-state index is -1.08. The third-order valence-electron chi connectivity index (χ3n) is 2.14. The van der Waals surface area contributed by atoms with E-state index in [1.165, 1.54) is 11.3 Å². The van der Waals surface area contributed by atoms with Crippen LogP contribution >= 0.6 is 11.3 Å². The van der Waals surface area contributed by atoms with E-state index in [0.717, 1.165) is 0 Å². The van der Waals surface area contributed by atoms with Gasteiger partial charge in [0.05, 0.1) is 6.04 Å². The normalized spacial score (nSPS) is 14.1. The third kappa shape index (κ3) is 3.04. The predicted octanol–water partition coefficient (Wildman–Crippen LogP) is 0.727. The maximum atomic E-state index is 11.5. The average Bonchev–Trinajstić information content (AvgIpc) is 2.76. The topological polar surface area (TPSA) is 92.4 Å². The highest BCUT2D eigenvalue weighted by Gasteiger charge is 2.24. The fraction of sp³-hybridized carbons (Fsp3) is 0.400. The number of amides is 1. The minimum absolute atomic E-state index is 0.441. The molecule has 6 heteroatoms. The van der Waals surface area contributed by atoms with Crippen molar-refractivity contribution in [3.8, 4) is 0 Å². The highest BCUT2D eigenvalue weighted by molar-refractivity contribution is 7.10. The number of thiophene rings is 1.